The van der Waals surface area contributed by atoms with Crippen LogP contribution in [0, 0.1) is 6.92 Å². The van der Waals surface area contributed by atoms with Crippen molar-refractivity contribution in [1.29, 1.82) is 0 Å². The average Bonchev–Trinajstić information content (AvgIpc) is 1.91. The number of aliphatic carboxylic acids is 2. The van der Waals surface area contributed by atoms with Gasteiger partial charge in [0.1, 0.15) is 23.0 Å². The fraction of sp³-hybridized carbons (Fsp3) is 0.184. The molecule has 0 unspecified atom stereocenters. The standard InChI is InChI=1S/C19H18BrNO6.C18H14F3NO5.C18H17NO4.C17H13NO5.2C2HF3O2.2ClH/c1-24-9-5-11(20)16(15(6-9)27-4)17-19(23)18(22)10-7-13(25-2)14(26-3)8-12(10)21-17;1-25-13-7-10-11(8-14(13)26-2)22-15(17(24)16(10)23)9-5-3-4-6-12(9)27-18(19,20)21;1-10-6-4-5-7-11(10)16-18(21)17(20)12-8-14(22-2)15(23-3)9-13(12)19-16;1-21-12-5-3-2-4-9(12)15-17(20)16(19)10-6-13-14(23-8-22-13)7-11(10)18-15;2*3-2(4,5)1(6)7;;/h5-8,23H,1-4H3,(H,21,22);3-8,24H,1-2H3,(H,22,23);4-9,21H,1-3H3,(H,19,20);2-7,20H,8H2,1H3,(H,18,19);2*(H,6,7);2*1H. The molecular formula is C76H66BrCl2F9N4O24. The molecule has 4 aromatic heterocycles. The van der Waals surface area contributed by atoms with E-state index in [2.05, 4.69) is 40.6 Å². The van der Waals surface area contributed by atoms with Gasteiger partial charge in [-0.3, -0.25) is 19.2 Å². The Hall–Kier alpha value is -13.2. The Morgan fingerprint density at radius 1 is 0.388 bits per heavy atom. The Kier molecular flexibility index (Phi) is 30.4. The van der Waals surface area contributed by atoms with Gasteiger partial charge >= 0.3 is 30.7 Å². The molecule has 8 aromatic carbocycles. The first-order valence-corrected chi connectivity index (χ1v) is 32.9. The first-order valence-electron chi connectivity index (χ1n) is 32.1. The van der Waals surface area contributed by atoms with Crippen LogP contribution in [0.15, 0.2) is 157 Å². The van der Waals surface area contributed by atoms with Gasteiger partial charge in [0, 0.05) is 51.5 Å². The summed E-state index contributed by atoms with van der Waals surface area (Å²) in [5, 5.41) is 56.9. The van der Waals surface area contributed by atoms with Gasteiger partial charge in [0.2, 0.25) is 28.5 Å². The normalized spacial score (nSPS) is 11.1. The van der Waals surface area contributed by atoms with Crippen LogP contribution in [0.3, 0.4) is 0 Å². The number of ether oxygens (including phenoxy) is 12. The third-order valence-electron chi connectivity index (χ3n) is 16.3. The van der Waals surface area contributed by atoms with Crippen molar-refractivity contribution >= 4 is 96.3 Å². The maximum atomic E-state index is 12.8. The van der Waals surface area contributed by atoms with E-state index in [0.717, 1.165) is 17.2 Å². The molecule has 0 atom stereocenters. The molecule has 0 aliphatic carbocycles. The molecule has 618 valence electrons. The summed E-state index contributed by atoms with van der Waals surface area (Å²) >= 11 is 3.45. The molecule has 0 radical (unpaired) electrons. The molecule has 28 nitrogen and oxygen atoms in total. The zero-order valence-electron chi connectivity index (χ0n) is 61.5. The highest BCUT2D eigenvalue weighted by Crippen LogP contribution is 2.45. The predicted octanol–water partition coefficient (Wildman–Crippen LogP) is 15.5. The maximum absolute atomic E-state index is 12.8. The molecule has 13 rings (SSSR count). The molecule has 0 spiro atoms. The van der Waals surface area contributed by atoms with Crippen molar-refractivity contribution < 1.29 is 137 Å². The highest BCUT2D eigenvalue weighted by molar-refractivity contribution is 9.10. The lowest BCUT2D eigenvalue weighted by Gasteiger charge is -2.15. The Morgan fingerprint density at radius 2 is 0.690 bits per heavy atom. The van der Waals surface area contributed by atoms with Gasteiger partial charge in [-0.1, -0.05) is 48.5 Å². The number of aromatic hydroxyl groups is 4. The quantitative estimate of drug-likeness (QED) is 0.0452. The summed E-state index contributed by atoms with van der Waals surface area (Å²) in [6.45, 7) is 2.04. The number of aromatic amines is 4. The number of carboxylic acids is 2. The highest BCUT2D eigenvalue weighted by Gasteiger charge is 2.39. The number of aryl methyl sites for hydroxylation is 1. The molecule has 0 amide bonds. The van der Waals surface area contributed by atoms with Crippen LogP contribution in [-0.4, -0.2) is 152 Å². The number of pyridine rings is 4. The SMILES string of the molecule is COc1cc(Br)c(-c2[nH]c3cc(OC)c(OC)cc3c(=O)c2O)c(OC)c1.COc1cc2[nH]c(-c3ccccc3C)c(O)c(=O)c2cc1OC.COc1cc2[nH]c(-c3ccccc3OC(F)(F)F)c(O)c(=O)c2cc1OC.COc1ccccc1-c1[nH]c2cc3c(cc2c(=O)c1O)OCO3.Cl.Cl.O=C(O)C(F)(F)F.O=C(O)C(F)(F)F. The average molecular weight is 1740 g/mol. The van der Waals surface area contributed by atoms with E-state index in [1.54, 1.807) is 60.7 Å². The van der Waals surface area contributed by atoms with Crippen LogP contribution in [0.2, 0.25) is 0 Å². The minimum Gasteiger partial charge on any atom is -0.503 e. The van der Waals surface area contributed by atoms with E-state index in [-0.39, 0.29) is 82.1 Å². The maximum Gasteiger partial charge on any atom is 0.573 e. The number of aromatic nitrogens is 4. The first-order chi connectivity index (χ1) is 53.8. The fourth-order valence-corrected chi connectivity index (χ4v) is 11.5. The predicted molar refractivity (Wildman–Crippen MR) is 413 cm³/mol. The van der Waals surface area contributed by atoms with Crippen molar-refractivity contribution in [3.63, 3.8) is 0 Å². The van der Waals surface area contributed by atoms with Crippen LogP contribution in [0.25, 0.3) is 88.6 Å². The zero-order valence-corrected chi connectivity index (χ0v) is 64.8. The van der Waals surface area contributed by atoms with Gasteiger partial charge < -0.3 is 107 Å². The first kappa shape index (κ1) is 91.6. The van der Waals surface area contributed by atoms with Crippen molar-refractivity contribution in [2.75, 3.05) is 70.8 Å². The summed E-state index contributed by atoms with van der Waals surface area (Å²) in [5.41, 5.74) is 3.02. The van der Waals surface area contributed by atoms with Gasteiger partial charge in [0.25, 0.3) is 0 Å². The van der Waals surface area contributed by atoms with E-state index in [9.17, 15) is 79.1 Å². The number of nitrogens with one attached hydrogen (secondary N) is 4. The molecule has 116 heavy (non-hydrogen) atoms. The van der Waals surface area contributed by atoms with Crippen LogP contribution >= 0.6 is 40.7 Å². The fourth-order valence-electron chi connectivity index (χ4n) is 10.9. The molecule has 12 aromatic rings. The van der Waals surface area contributed by atoms with Crippen LogP contribution in [0.5, 0.6) is 92.0 Å². The third kappa shape index (κ3) is 20.6. The highest BCUT2D eigenvalue weighted by atomic mass is 79.9. The number of methoxy groups -OCH3 is 9. The molecular weight excluding hydrogens is 1670 g/mol. The van der Waals surface area contributed by atoms with Gasteiger partial charge in [-0.05, 0) is 83.0 Å². The molecule has 0 saturated heterocycles. The summed E-state index contributed by atoms with van der Waals surface area (Å²) in [6.07, 6.45) is -15.1. The summed E-state index contributed by atoms with van der Waals surface area (Å²) < 4.78 is 164. The zero-order chi connectivity index (χ0) is 84.2. The van der Waals surface area contributed by atoms with Gasteiger partial charge in [-0.2, -0.15) is 26.3 Å². The Balaban J connectivity index is 0.000000226. The van der Waals surface area contributed by atoms with E-state index in [4.69, 9.17) is 71.9 Å². The minimum atomic E-state index is -5.08. The number of hydrogen-bond acceptors (Lipinski definition) is 22. The van der Waals surface area contributed by atoms with E-state index >= 15 is 0 Å². The second-order valence-corrected chi connectivity index (χ2v) is 23.9. The molecule has 5 heterocycles. The van der Waals surface area contributed by atoms with Gasteiger partial charge in [0.05, 0.1) is 136 Å². The molecule has 0 fully saturated rings. The summed E-state index contributed by atoms with van der Waals surface area (Å²) in [4.78, 5) is 80.3. The topological polar surface area (TPSA) is 398 Å². The number of carboxylic acid groups (broad SMARTS) is 2. The van der Waals surface area contributed by atoms with Crippen molar-refractivity contribution in [3.8, 4) is 137 Å². The van der Waals surface area contributed by atoms with Crippen LogP contribution in [0.4, 0.5) is 39.5 Å². The number of halogens is 12. The van der Waals surface area contributed by atoms with Gasteiger partial charge in [-0.15, -0.1) is 38.0 Å². The lowest BCUT2D eigenvalue weighted by atomic mass is 10.0. The molecule has 1 aliphatic heterocycles. The summed E-state index contributed by atoms with van der Waals surface area (Å²) in [5.74, 6) is -2.95. The minimum absolute atomic E-state index is 0. The van der Waals surface area contributed by atoms with E-state index < -0.39 is 69.6 Å². The lowest BCUT2D eigenvalue weighted by molar-refractivity contribution is -0.274. The number of alkyl halides is 9. The van der Waals surface area contributed by atoms with Gasteiger partial charge in [-0.25, -0.2) is 9.59 Å². The largest absolute Gasteiger partial charge is 0.573 e. The number of para-hydroxylation sites is 2. The molecule has 0 bridgehead atoms. The van der Waals surface area contributed by atoms with E-state index in [1.807, 2.05) is 37.3 Å². The number of rotatable bonds is 14. The molecule has 40 heteroatoms. The summed E-state index contributed by atoms with van der Waals surface area (Å²) in [7, 11) is 13.4. The number of hydrogen-bond donors (Lipinski definition) is 10. The van der Waals surface area contributed by atoms with Crippen LogP contribution < -0.4 is 78.6 Å². The van der Waals surface area contributed by atoms with E-state index in [1.165, 1.54) is 100 Å². The molecule has 0 saturated carbocycles. The monoisotopic (exact) mass is 1740 g/mol. The van der Waals surface area contributed by atoms with Gasteiger partial charge in [0.15, 0.2) is 69.0 Å². The number of H-pyrrole nitrogens is 4. The van der Waals surface area contributed by atoms with Crippen LogP contribution in [0.1, 0.15) is 5.56 Å². The number of carbonyl (C=O) groups is 2. The van der Waals surface area contributed by atoms with Crippen molar-refractivity contribution in [2.24, 2.45) is 0 Å². The van der Waals surface area contributed by atoms with Crippen molar-refractivity contribution in [2.45, 2.75) is 25.6 Å². The molecule has 10 N–H and O–H groups in total. The second kappa shape index (κ2) is 38.5. The lowest BCUT2D eigenvalue weighted by Crippen LogP contribution is -2.21. The van der Waals surface area contributed by atoms with Crippen molar-refractivity contribution in [3.05, 3.63) is 184 Å². The third-order valence-corrected chi connectivity index (χ3v) is 16.9. The number of benzene rings is 8. The smallest absolute Gasteiger partial charge is 0.503 e. The Morgan fingerprint density at radius 3 is 1.05 bits per heavy atom. The second-order valence-electron chi connectivity index (χ2n) is 23.1. The van der Waals surface area contributed by atoms with Crippen molar-refractivity contribution in [1.82, 2.24) is 19.9 Å². The van der Waals surface area contributed by atoms with E-state index in [0.29, 0.717) is 112 Å². The Bertz CT molecular complexity index is 5860. The number of fused-ring (bicyclic) bond motifs is 5. The molecule has 1 aliphatic rings. The summed E-state index contributed by atoms with van der Waals surface area (Å²) in [6, 6.07) is 35.7. The van der Waals surface area contributed by atoms with Crippen LogP contribution in [-0.2, 0) is 9.59 Å². The Labute approximate surface area is 667 Å².